The summed E-state index contributed by atoms with van der Waals surface area (Å²) in [5, 5.41) is 10.7. The Morgan fingerprint density at radius 3 is 1.82 bits per heavy atom. The van der Waals surface area contributed by atoms with Gasteiger partial charge in [0, 0.05) is 21.8 Å². The minimum absolute atomic E-state index is 0.853. The van der Waals surface area contributed by atoms with Crippen molar-refractivity contribution in [1.29, 1.82) is 0 Å². The Kier molecular flexibility index (Phi) is 6.18. The highest BCUT2D eigenvalue weighted by Gasteiger charge is 2.17. The second-order valence-electron chi connectivity index (χ2n) is 12.6. The van der Waals surface area contributed by atoms with Crippen molar-refractivity contribution in [1.82, 2.24) is 0 Å². The average molecular weight is 628 g/mol. The lowest BCUT2D eigenvalue weighted by Crippen LogP contribution is -1.92. The molecule has 49 heavy (non-hydrogen) atoms. The highest BCUT2D eigenvalue weighted by atomic mass is 16.3. The molecule has 0 spiro atoms. The van der Waals surface area contributed by atoms with E-state index in [-0.39, 0.29) is 0 Å². The van der Waals surface area contributed by atoms with E-state index in [1.165, 1.54) is 21.9 Å². The number of anilines is 2. The Balaban J connectivity index is 1.05. The molecule has 0 fully saturated rings. The summed E-state index contributed by atoms with van der Waals surface area (Å²) in [7, 11) is 0. The first-order chi connectivity index (χ1) is 24.3. The van der Waals surface area contributed by atoms with Crippen LogP contribution in [-0.4, -0.2) is 0 Å². The van der Waals surface area contributed by atoms with E-state index in [4.69, 9.17) is 8.83 Å². The number of fused-ring (bicyclic) bond motifs is 7. The third kappa shape index (κ3) is 4.59. The summed E-state index contributed by atoms with van der Waals surface area (Å²) in [5.74, 6) is 0. The van der Waals surface area contributed by atoms with Crippen molar-refractivity contribution in [2.75, 3.05) is 5.32 Å². The van der Waals surface area contributed by atoms with Gasteiger partial charge in [0.2, 0.25) is 0 Å². The Morgan fingerprint density at radius 1 is 0.347 bits per heavy atom. The number of nitrogens with one attached hydrogen (secondary N) is 1. The Labute approximate surface area is 282 Å². The summed E-state index contributed by atoms with van der Waals surface area (Å²) in [6.07, 6.45) is 0. The minimum Gasteiger partial charge on any atom is -0.456 e. The molecule has 3 nitrogen and oxygen atoms in total. The van der Waals surface area contributed by atoms with Gasteiger partial charge in [-0.25, -0.2) is 0 Å². The van der Waals surface area contributed by atoms with Crippen LogP contribution in [0.2, 0.25) is 0 Å². The first-order valence-electron chi connectivity index (χ1n) is 16.6. The fourth-order valence-corrected chi connectivity index (χ4v) is 7.36. The number of rotatable bonds is 5. The molecule has 2 heterocycles. The van der Waals surface area contributed by atoms with Gasteiger partial charge in [-0.1, -0.05) is 121 Å². The molecule has 0 unspecified atom stereocenters. The number of benzene rings is 8. The highest BCUT2D eigenvalue weighted by Crippen LogP contribution is 2.42. The van der Waals surface area contributed by atoms with Crippen molar-refractivity contribution in [3.05, 3.63) is 170 Å². The lowest BCUT2D eigenvalue weighted by atomic mass is 9.95. The number of furan rings is 2. The monoisotopic (exact) mass is 627 g/mol. The quantitative estimate of drug-likeness (QED) is 0.206. The van der Waals surface area contributed by atoms with E-state index in [1.807, 2.05) is 30.3 Å². The summed E-state index contributed by atoms with van der Waals surface area (Å²) >= 11 is 0. The molecule has 0 aliphatic rings. The molecule has 3 heteroatoms. The first kappa shape index (κ1) is 27.5. The molecule has 1 N–H and O–H groups in total. The van der Waals surface area contributed by atoms with Crippen LogP contribution in [0, 0.1) is 0 Å². The van der Waals surface area contributed by atoms with Gasteiger partial charge in [0.15, 0.2) is 0 Å². The summed E-state index contributed by atoms with van der Waals surface area (Å²) < 4.78 is 12.6. The third-order valence-corrected chi connectivity index (χ3v) is 9.66. The fourth-order valence-electron chi connectivity index (χ4n) is 7.36. The third-order valence-electron chi connectivity index (χ3n) is 9.66. The normalized spacial score (nSPS) is 11.7. The van der Waals surface area contributed by atoms with E-state index in [0.717, 1.165) is 77.5 Å². The molecule has 10 aromatic rings. The van der Waals surface area contributed by atoms with Gasteiger partial charge in [0.05, 0.1) is 11.1 Å². The van der Waals surface area contributed by atoms with Crippen molar-refractivity contribution < 1.29 is 8.83 Å². The fraction of sp³-hybridized carbons (Fsp3) is 0. The van der Waals surface area contributed by atoms with Gasteiger partial charge in [-0.2, -0.15) is 0 Å². The molecule has 0 atom stereocenters. The standard InChI is InChI=1S/C46H29NO2/c1-2-10-32-27-33(26-23-29(32)9-1)30-21-24-31(25-22-30)36-14-6-19-42-45(36)46-39(16-8-20-43(46)49-42)47-35-12-5-11-34(28-35)37-15-7-18-41-44(37)38-13-3-4-17-40(38)48-41/h1-28,47H. The molecular formula is C46H29NO2. The van der Waals surface area contributed by atoms with E-state index in [9.17, 15) is 0 Å². The van der Waals surface area contributed by atoms with Crippen LogP contribution in [0.3, 0.4) is 0 Å². The molecule has 0 saturated heterocycles. The Bertz CT molecular complexity index is 2860. The van der Waals surface area contributed by atoms with Crippen LogP contribution >= 0.6 is 0 Å². The zero-order valence-electron chi connectivity index (χ0n) is 26.5. The SMILES string of the molecule is c1cc(Nc2cccc3oc4cccc(-c5ccc(-c6ccc7ccccc7c6)cc5)c4c23)cc(-c2cccc3oc4ccccc4c23)c1. The number of hydrogen-bond acceptors (Lipinski definition) is 3. The van der Waals surface area contributed by atoms with Crippen LogP contribution in [0.25, 0.3) is 88.0 Å². The summed E-state index contributed by atoms with van der Waals surface area (Å²) in [5.41, 5.74) is 12.5. The van der Waals surface area contributed by atoms with Crippen LogP contribution in [0.1, 0.15) is 0 Å². The predicted molar refractivity (Wildman–Crippen MR) is 205 cm³/mol. The Hall–Kier alpha value is -6.58. The van der Waals surface area contributed by atoms with E-state index in [2.05, 4.69) is 145 Å². The maximum absolute atomic E-state index is 6.45. The van der Waals surface area contributed by atoms with Crippen molar-refractivity contribution in [3.8, 4) is 33.4 Å². The van der Waals surface area contributed by atoms with Gasteiger partial charge >= 0.3 is 0 Å². The summed E-state index contributed by atoms with van der Waals surface area (Å²) in [6.45, 7) is 0. The highest BCUT2D eigenvalue weighted by molar-refractivity contribution is 6.18. The zero-order chi connectivity index (χ0) is 32.3. The van der Waals surface area contributed by atoms with Gasteiger partial charge in [-0.05, 0) is 92.7 Å². The molecule has 0 aliphatic heterocycles. The van der Waals surface area contributed by atoms with Gasteiger partial charge in [0.25, 0.3) is 0 Å². The first-order valence-corrected chi connectivity index (χ1v) is 16.6. The largest absolute Gasteiger partial charge is 0.456 e. The second kappa shape index (κ2) is 11.0. The lowest BCUT2D eigenvalue weighted by Gasteiger charge is -2.12. The molecule has 10 rings (SSSR count). The van der Waals surface area contributed by atoms with Crippen molar-refractivity contribution in [3.63, 3.8) is 0 Å². The molecule has 230 valence electrons. The Morgan fingerprint density at radius 2 is 0.959 bits per heavy atom. The topological polar surface area (TPSA) is 38.3 Å². The van der Waals surface area contributed by atoms with Gasteiger partial charge in [-0.15, -0.1) is 0 Å². The average Bonchev–Trinajstić information content (AvgIpc) is 3.74. The maximum Gasteiger partial charge on any atom is 0.137 e. The van der Waals surface area contributed by atoms with Crippen LogP contribution in [0.5, 0.6) is 0 Å². The number of para-hydroxylation sites is 1. The van der Waals surface area contributed by atoms with E-state index in [1.54, 1.807) is 0 Å². The van der Waals surface area contributed by atoms with Crippen molar-refractivity contribution in [2.24, 2.45) is 0 Å². The van der Waals surface area contributed by atoms with Gasteiger partial charge < -0.3 is 14.2 Å². The smallest absolute Gasteiger partial charge is 0.137 e. The van der Waals surface area contributed by atoms with Gasteiger partial charge in [0.1, 0.15) is 22.3 Å². The molecule has 2 aromatic heterocycles. The summed E-state index contributed by atoms with van der Waals surface area (Å²) in [4.78, 5) is 0. The van der Waals surface area contributed by atoms with E-state index in [0.29, 0.717) is 0 Å². The molecule has 0 aliphatic carbocycles. The maximum atomic E-state index is 6.45. The van der Waals surface area contributed by atoms with E-state index >= 15 is 0 Å². The predicted octanol–water partition coefficient (Wildman–Crippen LogP) is 13.4. The van der Waals surface area contributed by atoms with E-state index < -0.39 is 0 Å². The zero-order valence-corrected chi connectivity index (χ0v) is 26.5. The molecular weight excluding hydrogens is 599 g/mol. The van der Waals surface area contributed by atoms with Crippen LogP contribution < -0.4 is 5.32 Å². The lowest BCUT2D eigenvalue weighted by molar-refractivity contribution is 0.668. The van der Waals surface area contributed by atoms with Crippen LogP contribution in [-0.2, 0) is 0 Å². The van der Waals surface area contributed by atoms with Crippen molar-refractivity contribution in [2.45, 2.75) is 0 Å². The van der Waals surface area contributed by atoms with Crippen LogP contribution in [0.15, 0.2) is 179 Å². The number of hydrogen-bond donors (Lipinski definition) is 1. The summed E-state index contributed by atoms with van der Waals surface area (Å²) in [6, 6.07) is 59.7. The molecule has 0 amide bonds. The molecule has 0 saturated carbocycles. The second-order valence-corrected chi connectivity index (χ2v) is 12.6. The van der Waals surface area contributed by atoms with Gasteiger partial charge in [-0.3, -0.25) is 0 Å². The molecule has 0 radical (unpaired) electrons. The van der Waals surface area contributed by atoms with Crippen molar-refractivity contribution >= 4 is 66.0 Å². The van der Waals surface area contributed by atoms with Crippen LogP contribution in [0.4, 0.5) is 11.4 Å². The molecule has 8 aromatic carbocycles. The molecule has 0 bridgehead atoms. The minimum atomic E-state index is 0.853.